The molecule has 0 spiro atoms. The Bertz CT molecular complexity index is 667. The molecule has 0 aliphatic rings. The minimum absolute atomic E-state index is 0.364. The van der Waals surface area contributed by atoms with Gasteiger partial charge in [0.2, 0.25) is 0 Å². The Morgan fingerprint density at radius 2 is 1.69 bits per heavy atom. The molecule has 2 aromatic rings. The quantitative estimate of drug-likeness (QED) is 0.487. The number of amides is 1. The number of rotatable bonds is 8. The highest BCUT2D eigenvalue weighted by Crippen LogP contribution is 2.24. The summed E-state index contributed by atoms with van der Waals surface area (Å²) < 4.78 is 5.20. The summed E-state index contributed by atoms with van der Waals surface area (Å²) in [5, 5.41) is 6.13. The maximum absolute atomic E-state index is 11.5. The molecular formula is C21H28N2O2S. The first kappa shape index (κ1) is 20.2. The molecule has 0 fully saturated rings. The van der Waals surface area contributed by atoms with Crippen LogP contribution in [0.4, 0.5) is 10.5 Å². The highest BCUT2D eigenvalue weighted by atomic mass is 32.2. The molecule has 0 aliphatic heterocycles. The second kappa shape index (κ2) is 10.1. The van der Waals surface area contributed by atoms with Crippen molar-refractivity contribution in [3.8, 4) is 0 Å². The molecule has 0 bridgehead atoms. The van der Waals surface area contributed by atoms with Crippen molar-refractivity contribution in [1.29, 1.82) is 0 Å². The fourth-order valence-corrected chi connectivity index (χ4v) is 3.09. The summed E-state index contributed by atoms with van der Waals surface area (Å²) in [5.41, 5.74) is 1.96. The number of benzene rings is 2. The van der Waals surface area contributed by atoms with Crippen molar-refractivity contribution in [1.82, 2.24) is 5.32 Å². The van der Waals surface area contributed by atoms with E-state index in [-0.39, 0.29) is 6.09 Å². The molecule has 140 valence electrons. The fraction of sp³-hybridized carbons (Fsp3) is 0.381. The second-order valence-corrected chi connectivity index (χ2v) is 8.06. The van der Waals surface area contributed by atoms with Crippen molar-refractivity contribution in [3.05, 3.63) is 60.2 Å². The largest absolute Gasteiger partial charge is 0.444 e. The maximum atomic E-state index is 11.5. The van der Waals surface area contributed by atoms with Crippen LogP contribution in [0.2, 0.25) is 0 Å². The number of thioether (sulfide) groups is 1. The summed E-state index contributed by atoms with van der Waals surface area (Å²) in [5.74, 6) is 0.976. The molecule has 2 rings (SSSR count). The molecular weight excluding hydrogens is 344 g/mol. The SMILES string of the molecule is CC(C)(C)OC(=O)NCCCNc1ccc(SCc2ccccc2)cc1. The number of hydrogen-bond acceptors (Lipinski definition) is 4. The van der Waals surface area contributed by atoms with Crippen LogP contribution in [0.25, 0.3) is 0 Å². The Balaban J connectivity index is 1.62. The minimum atomic E-state index is -0.456. The Kier molecular flexibility index (Phi) is 7.85. The van der Waals surface area contributed by atoms with Gasteiger partial charge in [-0.15, -0.1) is 11.8 Å². The summed E-state index contributed by atoms with van der Waals surface area (Å²) in [7, 11) is 0. The van der Waals surface area contributed by atoms with E-state index in [1.165, 1.54) is 10.5 Å². The zero-order chi connectivity index (χ0) is 18.8. The van der Waals surface area contributed by atoms with E-state index in [1.807, 2.05) is 38.6 Å². The molecule has 0 atom stereocenters. The molecule has 0 radical (unpaired) electrons. The number of hydrogen-bond donors (Lipinski definition) is 2. The third-order valence-corrected chi connectivity index (χ3v) is 4.54. The van der Waals surface area contributed by atoms with Gasteiger partial charge in [-0.1, -0.05) is 30.3 Å². The molecule has 4 nitrogen and oxygen atoms in total. The number of ether oxygens (including phenoxy) is 1. The predicted molar refractivity (Wildman–Crippen MR) is 110 cm³/mol. The van der Waals surface area contributed by atoms with E-state index in [9.17, 15) is 4.79 Å². The van der Waals surface area contributed by atoms with Gasteiger partial charge in [0.1, 0.15) is 5.60 Å². The van der Waals surface area contributed by atoms with E-state index in [0.29, 0.717) is 6.54 Å². The minimum Gasteiger partial charge on any atom is -0.444 e. The molecule has 2 N–H and O–H groups in total. The van der Waals surface area contributed by atoms with Crippen LogP contribution >= 0.6 is 11.8 Å². The van der Waals surface area contributed by atoms with Gasteiger partial charge in [-0.3, -0.25) is 0 Å². The number of carbonyl (C=O) groups excluding carboxylic acids is 1. The van der Waals surface area contributed by atoms with Gasteiger partial charge in [-0.05, 0) is 57.0 Å². The smallest absolute Gasteiger partial charge is 0.407 e. The zero-order valence-electron chi connectivity index (χ0n) is 15.7. The molecule has 2 aromatic carbocycles. The average molecular weight is 373 g/mol. The van der Waals surface area contributed by atoms with Gasteiger partial charge >= 0.3 is 6.09 Å². The number of nitrogens with one attached hydrogen (secondary N) is 2. The summed E-state index contributed by atoms with van der Waals surface area (Å²) in [4.78, 5) is 12.8. The van der Waals surface area contributed by atoms with Gasteiger partial charge in [0.25, 0.3) is 0 Å². The van der Waals surface area contributed by atoms with Crippen LogP contribution in [0.1, 0.15) is 32.8 Å². The van der Waals surface area contributed by atoms with Gasteiger partial charge in [0, 0.05) is 29.4 Å². The molecule has 0 heterocycles. The van der Waals surface area contributed by atoms with E-state index in [4.69, 9.17) is 4.74 Å². The van der Waals surface area contributed by atoms with Crippen molar-refractivity contribution < 1.29 is 9.53 Å². The molecule has 0 saturated heterocycles. The molecule has 5 heteroatoms. The molecule has 0 aromatic heterocycles. The van der Waals surface area contributed by atoms with Crippen molar-refractivity contribution in [2.24, 2.45) is 0 Å². The third-order valence-electron chi connectivity index (χ3n) is 3.45. The summed E-state index contributed by atoms with van der Waals surface area (Å²) >= 11 is 1.83. The Morgan fingerprint density at radius 1 is 1.00 bits per heavy atom. The van der Waals surface area contributed by atoms with Crippen LogP contribution in [0.5, 0.6) is 0 Å². The first-order chi connectivity index (χ1) is 12.4. The average Bonchev–Trinajstić information content (AvgIpc) is 2.60. The van der Waals surface area contributed by atoms with Crippen molar-refractivity contribution in [2.75, 3.05) is 18.4 Å². The lowest BCUT2D eigenvalue weighted by atomic mass is 10.2. The van der Waals surface area contributed by atoms with Gasteiger partial charge in [0.05, 0.1) is 0 Å². The monoisotopic (exact) mass is 372 g/mol. The summed E-state index contributed by atoms with van der Waals surface area (Å²) in [6.07, 6.45) is 0.473. The number of carbonyl (C=O) groups is 1. The van der Waals surface area contributed by atoms with E-state index < -0.39 is 5.60 Å². The van der Waals surface area contributed by atoms with Gasteiger partial charge in [-0.25, -0.2) is 4.79 Å². The highest BCUT2D eigenvalue weighted by molar-refractivity contribution is 7.98. The lowest BCUT2D eigenvalue weighted by molar-refractivity contribution is 0.0528. The predicted octanol–water partition coefficient (Wildman–Crippen LogP) is 5.31. The lowest BCUT2D eigenvalue weighted by Gasteiger charge is -2.19. The maximum Gasteiger partial charge on any atom is 0.407 e. The topological polar surface area (TPSA) is 50.4 Å². The van der Waals surface area contributed by atoms with Crippen LogP contribution in [-0.4, -0.2) is 24.8 Å². The van der Waals surface area contributed by atoms with Crippen LogP contribution in [0.3, 0.4) is 0 Å². The van der Waals surface area contributed by atoms with E-state index in [2.05, 4.69) is 59.2 Å². The van der Waals surface area contributed by atoms with E-state index in [0.717, 1.165) is 24.4 Å². The summed E-state index contributed by atoms with van der Waals surface area (Å²) in [6, 6.07) is 18.9. The standard InChI is InChI=1S/C21H28N2O2S/c1-21(2,3)25-20(24)23-15-7-14-22-18-10-12-19(13-11-18)26-16-17-8-5-4-6-9-17/h4-6,8-13,22H,7,14-16H2,1-3H3,(H,23,24). The van der Waals surface area contributed by atoms with Crippen LogP contribution in [0, 0.1) is 0 Å². The first-order valence-corrected chi connectivity index (χ1v) is 9.88. The molecule has 0 unspecified atom stereocenters. The van der Waals surface area contributed by atoms with Gasteiger partial charge in [0.15, 0.2) is 0 Å². The first-order valence-electron chi connectivity index (χ1n) is 8.90. The molecule has 0 saturated carbocycles. The molecule has 26 heavy (non-hydrogen) atoms. The Labute approximate surface area is 160 Å². The van der Waals surface area contributed by atoms with Crippen molar-refractivity contribution >= 4 is 23.5 Å². The normalized spacial score (nSPS) is 11.0. The number of anilines is 1. The second-order valence-electron chi connectivity index (χ2n) is 7.01. The molecule has 0 aliphatic carbocycles. The highest BCUT2D eigenvalue weighted by Gasteiger charge is 2.15. The molecule has 1 amide bonds. The Morgan fingerprint density at radius 3 is 2.35 bits per heavy atom. The fourth-order valence-electron chi connectivity index (χ4n) is 2.24. The van der Waals surface area contributed by atoms with Crippen LogP contribution in [0.15, 0.2) is 59.5 Å². The van der Waals surface area contributed by atoms with E-state index >= 15 is 0 Å². The van der Waals surface area contributed by atoms with Gasteiger partial charge in [-0.2, -0.15) is 0 Å². The number of alkyl carbamates (subject to hydrolysis) is 1. The van der Waals surface area contributed by atoms with Gasteiger partial charge < -0.3 is 15.4 Å². The zero-order valence-corrected chi connectivity index (χ0v) is 16.6. The summed E-state index contributed by atoms with van der Waals surface area (Å²) in [6.45, 7) is 6.96. The van der Waals surface area contributed by atoms with E-state index in [1.54, 1.807) is 0 Å². The van der Waals surface area contributed by atoms with Crippen LogP contribution < -0.4 is 10.6 Å². The van der Waals surface area contributed by atoms with Crippen molar-refractivity contribution in [3.63, 3.8) is 0 Å². The van der Waals surface area contributed by atoms with Crippen LogP contribution in [-0.2, 0) is 10.5 Å². The third kappa shape index (κ3) is 8.30. The lowest BCUT2D eigenvalue weighted by Crippen LogP contribution is -2.33. The Hall–Kier alpha value is -2.14. The van der Waals surface area contributed by atoms with Crippen molar-refractivity contribution in [2.45, 2.75) is 43.4 Å².